The highest BCUT2D eigenvalue weighted by atomic mass is 32.1. The zero-order chi connectivity index (χ0) is 25.6. The zero-order valence-corrected chi connectivity index (χ0v) is 20.7. The van der Waals surface area contributed by atoms with Crippen LogP contribution in [0.1, 0.15) is 27.9 Å². The first-order chi connectivity index (χ1) is 17.4. The number of hydrogen-bond acceptors (Lipinski definition) is 9. The van der Waals surface area contributed by atoms with Crippen molar-refractivity contribution in [2.24, 2.45) is 0 Å². The third-order valence-corrected chi connectivity index (χ3v) is 6.95. The van der Waals surface area contributed by atoms with Gasteiger partial charge in [-0.25, -0.2) is 4.98 Å². The Kier molecular flexibility index (Phi) is 5.89. The summed E-state index contributed by atoms with van der Waals surface area (Å²) in [5.74, 6) is 0.0741. The quantitative estimate of drug-likeness (QED) is 0.348. The number of aromatic nitrogens is 1. The van der Waals surface area contributed by atoms with E-state index in [1.165, 1.54) is 36.5 Å². The number of amides is 1. The molecule has 3 heterocycles. The van der Waals surface area contributed by atoms with E-state index in [2.05, 4.69) is 4.98 Å². The highest BCUT2D eigenvalue weighted by Gasteiger charge is 2.46. The van der Waals surface area contributed by atoms with E-state index in [4.69, 9.17) is 18.6 Å². The van der Waals surface area contributed by atoms with Crippen molar-refractivity contribution in [1.82, 2.24) is 4.98 Å². The summed E-state index contributed by atoms with van der Waals surface area (Å²) in [4.78, 5) is 32.9. The van der Waals surface area contributed by atoms with Crippen molar-refractivity contribution in [2.75, 3.05) is 26.2 Å². The number of benzene rings is 2. The van der Waals surface area contributed by atoms with Crippen molar-refractivity contribution in [3.8, 4) is 17.2 Å². The maximum Gasteiger partial charge on any atom is 0.296 e. The van der Waals surface area contributed by atoms with Gasteiger partial charge in [-0.1, -0.05) is 17.4 Å². The van der Waals surface area contributed by atoms with E-state index in [1.54, 1.807) is 50.4 Å². The molecule has 4 aromatic rings. The van der Waals surface area contributed by atoms with Crippen LogP contribution >= 0.6 is 11.3 Å². The van der Waals surface area contributed by atoms with Crippen LogP contribution in [0, 0.1) is 6.92 Å². The summed E-state index contributed by atoms with van der Waals surface area (Å²) in [6.45, 7) is 1.71. The Balaban J connectivity index is 1.69. The average Bonchev–Trinajstić information content (AvgIpc) is 3.58. The third-order valence-electron chi connectivity index (χ3n) is 5.93. The molecule has 0 saturated heterocycles. The largest absolute Gasteiger partial charge is 0.503 e. The summed E-state index contributed by atoms with van der Waals surface area (Å²) < 4.78 is 22.4. The molecule has 5 rings (SSSR count). The van der Waals surface area contributed by atoms with E-state index >= 15 is 0 Å². The van der Waals surface area contributed by atoms with E-state index in [9.17, 15) is 14.7 Å². The van der Waals surface area contributed by atoms with Gasteiger partial charge in [0.05, 0.1) is 43.2 Å². The molecule has 2 aromatic heterocycles. The lowest BCUT2D eigenvalue weighted by molar-refractivity contribution is -0.117. The number of ketones is 1. The van der Waals surface area contributed by atoms with E-state index in [1.807, 2.05) is 6.07 Å². The fourth-order valence-electron chi connectivity index (χ4n) is 4.18. The van der Waals surface area contributed by atoms with Crippen LogP contribution in [-0.4, -0.2) is 43.1 Å². The Labute approximate surface area is 210 Å². The number of aliphatic hydroxyl groups excluding tert-OH is 1. The van der Waals surface area contributed by atoms with Crippen LogP contribution < -0.4 is 19.1 Å². The molecule has 0 radical (unpaired) electrons. The number of carbonyl (C=O) groups is 2. The first kappa shape index (κ1) is 23.4. The standard InChI is InChI=1S/C26H22N2O7S/c1-13-5-9-18(35-13)23(29)21-22(14-6-10-17(33-3)19(11-14)34-4)28(25(31)24(21)30)26-27-16-8-7-15(32-2)12-20(16)36-26/h5-12,22,30H,1-4H3. The van der Waals surface area contributed by atoms with Crippen molar-refractivity contribution in [3.63, 3.8) is 0 Å². The number of furan rings is 1. The van der Waals surface area contributed by atoms with Gasteiger partial charge in [-0.2, -0.15) is 0 Å². The second-order valence-corrected chi connectivity index (χ2v) is 9.03. The molecule has 36 heavy (non-hydrogen) atoms. The summed E-state index contributed by atoms with van der Waals surface area (Å²) in [5.41, 5.74) is 1.06. The van der Waals surface area contributed by atoms with Crippen LogP contribution in [0.2, 0.25) is 0 Å². The number of ether oxygens (including phenoxy) is 3. The number of Topliss-reactive ketones (excluding diaryl/α,β-unsaturated/α-hetero) is 1. The molecule has 1 aliphatic heterocycles. The van der Waals surface area contributed by atoms with Crippen LogP contribution in [-0.2, 0) is 4.79 Å². The minimum absolute atomic E-state index is 0.0169. The molecule has 0 saturated carbocycles. The maximum atomic E-state index is 13.5. The molecular weight excluding hydrogens is 484 g/mol. The summed E-state index contributed by atoms with van der Waals surface area (Å²) in [6.07, 6.45) is 0. The monoisotopic (exact) mass is 506 g/mol. The number of rotatable bonds is 7. The average molecular weight is 507 g/mol. The number of aryl methyl sites for hydroxylation is 1. The van der Waals surface area contributed by atoms with Gasteiger partial charge < -0.3 is 23.7 Å². The minimum Gasteiger partial charge on any atom is -0.503 e. The van der Waals surface area contributed by atoms with Crippen LogP contribution in [0.3, 0.4) is 0 Å². The Hall–Kier alpha value is -4.31. The number of hydrogen-bond donors (Lipinski definition) is 1. The van der Waals surface area contributed by atoms with Gasteiger partial charge in [0.1, 0.15) is 11.5 Å². The Morgan fingerprint density at radius 2 is 1.81 bits per heavy atom. The molecule has 1 atom stereocenters. The molecule has 1 N–H and O–H groups in total. The second kappa shape index (κ2) is 9.04. The van der Waals surface area contributed by atoms with Crippen LogP contribution in [0.4, 0.5) is 5.13 Å². The molecular formula is C26H22N2O7S. The molecule has 9 nitrogen and oxygen atoms in total. The van der Waals surface area contributed by atoms with Crippen molar-refractivity contribution in [1.29, 1.82) is 0 Å². The topological polar surface area (TPSA) is 111 Å². The molecule has 184 valence electrons. The first-order valence-corrected chi connectivity index (χ1v) is 11.7. The van der Waals surface area contributed by atoms with E-state index in [0.717, 1.165) is 4.70 Å². The van der Waals surface area contributed by atoms with Gasteiger partial charge in [0.15, 0.2) is 28.1 Å². The molecule has 10 heteroatoms. The summed E-state index contributed by atoms with van der Waals surface area (Å²) in [6, 6.07) is 12.6. The van der Waals surface area contributed by atoms with Crippen molar-refractivity contribution in [2.45, 2.75) is 13.0 Å². The molecule has 0 bridgehead atoms. The lowest BCUT2D eigenvalue weighted by atomic mass is 9.95. The fourth-order valence-corrected chi connectivity index (χ4v) is 5.21. The van der Waals surface area contributed by atoms with Gasteiger partial charge in [-0.3, -0.25) is 14.5 Å². The number of nitrogens with zero attached hydrogens (tertiary/aromatic N) is 2. The highest BCUT2D eigenvalue weighted by Crippen LogP contribution is 2.46. The van der Waals surface area contributed by atoms with Gasteiger partial charge >= 0.3 is 0 Å². The number of anilines is 1. The molecule has 0 fully saturated rings. The Morgan fingerprint density at radius 1 is 1.03 bits per heavy atom. The van der Waals surface area contributed by atoms with Gasteiger partial charge in [0.25, 0.3) is 5.91 Å². The summed E-state index contributed by atoms with van der Waals surface area (Å²) in [7, 11) is 4.57. The van der Waals surface area contributed by atoms with Crippen LogP contribution in [0.15, 0.2) is 64.3 Å². The smallest absolute Gasteiger partial charge is 0.296 e. The minimum atomic E-state index is -0.988. The first-order valence-electron chi connectivity index (χ1n) is 10.9. The normalized spacial score (nSPS) is 15.6. The Bertz CT molecular complexity index is 1530. The highest BCUT2D eigenvalue weighted by molar-refractivity contribution is 7.22. The lowest BCUT2D eigenvalue weighted by Crippen LogP contribution is -2.31. The molecule has 0 spiro atoms. The van der Waals surface area contributed by atoms with Gasteiger partial charge in [0, 0.05) is 0 Å². The van der Waals surface area contributed by atoms with Gasteiger partial charge in [0.2, 0.25) is 5.78 Å². The third kappa shape index (κ3) is 3.75. The Morgan fingerprint density at radius 3 is 2.47 bits per heavy atom. The summed E-state index contributed by atoms with van der Waals surface area (Å²) in [5, 5.41) is 11.3. The molecule has 1 aliphatic rings. The maximum absolute atomic E-state index is 13.5. The lowest BCUT2D eigenvalue weighted by Gasteiger charge is -2.25. The van der Waals surface area contributed by atoms with Crippen molar-refractivity contribution in [3.05, 3.63) is 76.9 Å². The molecule has 0 aliphatic carbocycles. The van der Waals surface area contributed by atoms with E-state index in [-0.39, 0.29) is 11.3 Å². The number of aliphatic hydroxyl groups is 1. The summed E-state index contributed by atoms with van der Waals surface area (Å²) >= 11 is 1.25. The number of methoxy groups -OCH3 is 3. The van der Waals surface area contributed by atoms with Crippen molar-refractivity contribution < 1.29 is 33.3 Å². The zero-order valence-electron chi connectivity index (χ0n) is 19.9. The number of carbonyl (C=O) groups excluding carboxylic acids is 2. The van der Waals surface area contributed by atoms with Gasteiger partial charge in [-0.15, -0.1) is 0 Å². The van der Waals surface area contributed by atoms with Gasteiger partial charge in [-0.05, 0) is 55.0 Å². The molecule has 1 amide bonds. The van der Waals surface area contributed by atoms with Crippen LogP contribution in [0.25, 0.3) is 10.2 Å². The predicted molar refractivity (Wildman–Crippen MR) is 133 cm³/mol. The molecule has 1 unspecified atom stereocenters. The molecule has 2 aromatic carbocycles. The van der Waals surface area contributed by atoms with E-state index in [0.29, 0.717) is 39.2 Å². The van der Waals surface area contributed by atoms with E-state index < -0.39 is 23.5 Å². The second-order valence-electron chi connectivity index (χ2n) is 8.02. The number of fused-ring (bicyclic) bond motifs is 1. The fraction of sp³-hybridized carbons (Fsp3) is 0.192. The number of thiazole rings is 1. The van der Waals surface area contributed by atoms with Crippen molar-refractivity contribution >= 4 is 38.4 Å². The van der Waals surface area contributed by atoms with Crippen LogP contribution in [0.5, 0.6) is 17.2 Å². The SMILES string of the molecule is COc1ccc2nc(N3C(=O)C(O)=C(C(=O)c4ccc(C)o4)C3c3ccc(OC)c(OC)c3)sc2c1. The predicted octanol–water partition coefficient (Wildman–Crippen LogP) is 5.01.